The lowest BCUT2D eigenvalue weighted by atomic mass is 10.2. The molecule has 0 aliphatic rings. The van der Waals surface area contributed by atoms with E-state index in [2.05, 4.69) is 5.10 Å². The van der Waals surface area contributed by atoms with Gasteiger partial charge < -0.3 is 14.8 Å². The second kappa shape index (κ2) is 4.12. The highest BCUT2D eigenvalue weighted by Gasteiger charge is 2.17. The maximum absolute atomic E-state index is 11.0. The van der Waals surface area contributed by atoms with E-state index in [1.807, 2.05) is 23.7 Å². The summed E-state index contributed by atoms with van der Waals surface area (Å²) in [6, 6.07) is 8.71. The molecular formula is C14H13N3O3. The molecule has 6 heteroatoms. The Morgan fingerprint density at radius 2 is 1.95 bits per heavy atom. The van der Waals surface area contributed by atoms with Crippen molar-refractivity contribution in [2.45, 2.75) is 0 Å². The van der Waals surface area contributed by atoms with Gasteiger partial charge in [-0.1, -0.05) is 12.1 Å². The summed E-state index contributed by atoms with van der Waals surface area (Å²) in [7, 11) is 3.52. The number of aromatic nitrogens is 3. The Morgan fingerprint density at radius 3 is 2.55 bits per heavy atom. The van der Waals surface area contributed by atoms with E-state index < -0.39 is 5.97 Å². The van der Waals surface area contributed by atoms with Crippen LogP contribution in [0.15, 0.2) is 30.3 Å². The molecule has 0 saturated carbocycles. The quantitative estimate of drug-likeness (QED) is 0.747. The van der Waals surface area contributed by atoms with Crippen LogP contribution in [0.5, 0.6) is 5.75 Å². The Bertz CT molecular complexity index is 830. The van der Waals surface area contributed by atoms with E-state index in [9.17, 15) is 9.90 Å². The molecule has 3 aromatic rings. The highest BCUT2D eigenvalue weighted by atomic mass is 16.4. The molecule has 3 rings (SSSR count). The summed E-state index contributed by atoms with van der Waals surface area (Å²) in [6.45, 7) is 0. The molecule has 2 aromatic heterocycles. The molecular weight excluding hydrogens is 258 g/mol. The van der Waals surface area contributed by atoms with Crippen molar-refractivity contribution in [1.82, 2.24) is 14.3 Å². The average molecular weight is 271 g/mol. The van der Waals surface area contributed by atoms with Crippen molar-refractivity contribution < 1.29 is 15.0 Å². The molecule has 0 atom stereocenters. The second-order valence-electron chi connectivity index (χ2n) is 4.65. The number of phenols is 1. The van der Waals surface area contributed by atoms with Crippen molar-refractivity contribution in [3.63, 3.8) is 0 Å². The average Bonchev–Trinajstić information content (AvgIpc) is 2.92. The zero-order valence-electron chi connectivity index (χ0n) is 11.0. The van der Waals surface area contributed by atoms with Crippen LogP contribution in [-0.2, 0) is 14.1 Å². The fourth-order valence-corrected chi connectivity index (χ4v) is 2.45. The van der Waals surface area contributed by atoms with Gasteiger partial charge in [0.05, 0.1) is 16.9 Å². The Kier molecular flexibility index (Phi) is 2.53. The molecule has 0 amide bonds. The van der Waals surface area contributed by atoms with E-state index in [-0.39, 0.29) is 11.4 Å². The van der Waals surface area contributed by atoms with Gasteiger partial charge in [0.2, 0.25) is 0 Å². The lowest BCUT2D eigenvalue weighted by molar-refractivity contribution is 0.0689. The van der Waals surface area contributed by atoms with Gasteiger partial charge in [0.15, 0.2) is 5.69 Å². The molecule has 0 unspecified atom stereocenters. The maximum Gasteiger partial charge on any atom is 0.356 e. The van der Waals surface area contributed by atoms with Crippen LogP contribution in [0.4, 0.5) is 0 Å². The van der Waals surface area contributed by atoms with Crippen LogP contribution in [0.1, 0.15) is 10.5 Å². The molecule has 6 nitrogen and oxygen atoms in total. The van der Waals surface area contributed by atoms with Crippen molar-refractivity contribution >= 4 is 16.9 Å². The monoisotopic (exact) mass is 271 g/mol. The molecule has 1 aromatic carbocycles. The van der Waals surface area contributed by atoms with Crippen LogP contribution in [-0.4, -0.2) is 30.5 Å². The zero-order valence-corrected chi connectivity index (χ0v) is 11.0. The number of carbonyl (C=O) groups is 1. The topological polar surface area (TPSA) is 80.3 Å². The summed E-state index contributed by atoms with van der Waals surface area (Å²) in [5.41, 5.74) is 2.18. The molecule has 0 radical (unpaired) electrons. The molecule has 0 bridgehead atoms. The number of rotatable bonds is 2. The van der Waals surface area contributed by atoms with Gasteiger partial charge in [-0.05, 0) is 12.1 Å². The second-order valence-corrected chi connectivity index (χ2v) is 4.65. The molecule has 2 heterocycles. The van der Waals surface area contributed by atoms with Crippen molar-refractivity contribution in [3.05, 3.63) is 36.0 Å². The number of phenolic OH excluding ortho intramolecular Hbond substituents is 1. The lowest BCUT2D eigenvalue weighted by Gasteiger charge is -2.05. The minimum atomic E-state index is -1.06. The fourth-order valence-electron chi connectivity index (χ4n) is 2.45. The first kappa shape index (κ1) is 12.3. The van der Waals surface area contributed by atoms with E-state index >= 15 is 0 Å². The van der Waals surface area contributed by atoms with Gasteiger partial charge in [-0.25, -0.2) is 4.79 Å². The molecule has 2 N–H and O–H groups in total. The van der Waals surface area contributed by atoms with Gasteiger partial charge in [-0.3, -0.25) is 4.68 Å². The standard InChI is InChI=1S/C14H13N3O3/c1-16-10(6-8-4-3-5-12(18)13(8)16)11-7-9(14(19)20)15-17(11)2/h3-7,18H,1-2H3,(H,19,20). The molecule has 102 valence electrons. The summed E-state index contributed by atoms with van der Waals surface area (Å²) < 4.78 is 3.35. The van der Waals surface area contributed by atoms with Crippen LogP contribution in [0.2, 0.25) is 0 Å². The first-order chi connectivity index (χ1) is 9.49. The van der Waals surface area contributed by atoms with Gasteiger partial charge in [0.1, 0.15) is 5.75 Å². The van der Waals surface area contributed by atoms with Crippen LogP contribution in [0.3, 0.4) is 0 Å². The minimum absolute atomic E-state index is 0.00280. The highest BCUT2D eigenvalue weighted by Crippen LogP contribution is 2.32. The van der Waals surface area contributed by atoms with E-state index in [1.54, 1.807) is 19.2 Å². The van der Waals surface area contributed by atoms with E-state index in [0.29, 0.717) is 11.2 Å². The number of nitrogens with zero attached hydrogens (tertiary/aromatic N) is 3. The SMILES string of the molecule is Cn1nc(C(=O)O)cc1-c1cc2cccc(O)c2n1C. The normalized spacial score (nSPS) is 11.1. The zero-order chi connectivity index (χ0) is 14.4. The third-order valence-electron chi connectivity index (χ3n) is 3.40. The van der Waals surface area contributed by atoms with E-state index in [4.69, 9.17) is 5.11 Å². The lowest BCUT2D eigenvalue weighted by Crippen LogP contribution is -2.00. The third-order valence-corrected chi connectivity index (χ3v) is 3.40. The molecule has 0 spiro atoms. The van der Waals surface area contributed by atoms with Crippen molar-refractivity contribution in [2.75, 3.05) is 0 Å². The van der Waals surface area contributed by atoms with Gasteiger partial charge in [0.25, 0.3) is 0 Å². The first-order valence-corrected chi connectivity index (χ1v) is 6.04. The number of carboxylic acids is 1. The number of benzene rings is 1. The summed E-state index contributed by atoms with van der Waals surface area (Å²) >= 11 is 0. The fraction of sp³-hybridized carbons (Fsp3) is 0.143. The Labute approximate surface area is 114 Å². The molecule has 20 heavy (non-hydrogen) atoms. The smallest absolute Gasteiger partial charge is 0.356 e. The highest BCUT2D eigenvalue weighted by molar-refractivity contribution is 5.92. The number of carboxylic acid groups (broad SMARTS) is 1. The first-order valence-electron chi connectivity index (χ1n) is 6.04. The number of aryl methyl sites for hydroxylation is 2. The number of para-hydroxylation sites is 1. The number of hydrogen-bond acceptors (Lipinski definition) is 3. The van der Waals surface area contributed by atoms with E-state index in [1.165, 1.54) is 10.7 Å². The summed E-state index contributed by atoms with van der Waals surface area (Å²) in [4.78, 5) is 11.0. The van der Waals surface area contributed by atoms with Crippen molar-refractivity contribution in [2.24, 2.45) is 14.1 Å². The molecule has 0 saturated heterocycles. The van der Waals surface area contributed by atoms with Crippen LogP contribution < -0.4 is 0 Å². The largest absolute Gasteiger partial charge is 0.506 e. The third kappa shape index (κ3) is 1.65. The Balaban J connectivity index is 2.27. The van der Waals surface area contributed by atoms with Gasteiger partial charge in [-0.2, -0.15) is 5.10 Å². The Morgan fingerprint density at radius 1 is 1.20 bits per heavy atom. The van der Waals surface area contributed by atoms with Gasteiger partial charge in [-0.15, -0.1) is 0 Å². The number of aromatic hydroxyl groups is 1. The van der Waals surface area contributed by atoms with Crippen LogP contribution in [0.25, 0.3) is 22.3 Å². The minimum Gasteiger partial charge on any atom is -0.506 e. The van der Waals surface area contributed by atoms with Gasteiger partial charge in [0, 0.05) is 25.5 Å². The van der Waals surface area contributed by atoms with Gasteiger partial charge >= 0.3 is 5.97 Å². The maximum atomic E-state index is 11.0. The number of fused-ring (bicyclic) bond motifs is 1. The summed E-state index contributed by atoms with van der Waals surface area (Å²) in [6.07, 6.45) is 0. The number of hydrogen-bond donors (Lipinski definition) is 2. The van der Waals surface area contributed by atoms with E-state index in [0.717, 1.165) is 11.1 Å². The number of aromatic carboxylic acids is 1. The predicted molar refractivity (Wildman–Crippen MR) is 73.7 cm³/mol. The predicted octanol–water partition coefficient (Wildman–Crippen LogP) is 1.98. The van der Waals surface area contributed by atoms with Crippen LogP contribution >= 0.6 is 0 Å². The Hall–Kier alpha value is -2.76. The summed E-state index contributed by atoms with van der Waals surface area (Å²) in [5, 5.41) is 23.8. The molecule has 0 aliphatic carbocycles. The van der Waals surface area contributed by atoms with Crippen molar-refractivity contribution in [3.8, 4) is 17.1 Å². The molecule has 0 fully saturated rings. The summed E-state index contributed by atoms with van der Waals surface area (Å²) in [5.74, 6) is -0.870. The van der Waals surface area contributed by atoms with Crippen molar-refractivity contribution in [1.29, 1.82) is 0 Å². The van der Waals surface area contributed by atoms with Crippen LogP contribution in [0, 0.1) is 0 Å². The molecule has 0 aliphatic heterocycles.